The lowest BCUT2D eigenvalue weighted by Gasteiger charge is -2.07. The van der Waals surface area contributed by atoms with E-state index < -0.39 is 0 Å². The van der Waals surface area contributed by atoms with E-state index in [1.165, 1.54) is 18.4 Å². The molecule has 0 atom stereocenters. The lowest BCUT2D eigenvalue weighted by molar-refractivity contribution is 0.521. The fourth-order valence-corrected chi connectivity index (χ4v) is 1.77. The summed E-state index contributed by atoms with van der Waals surface area (Å²) in [6.45, 7) is 8.77. The monoisotopic (exact) mass is 234 g/mol. The molecule has 0 aliphatic heterocycles. The van der Waals surface area contributed by atoms with Gasteiger partial charge in [-0.2, -0.15) is 0 Å². The Morgan fingerprint density at radius 3 is 2.35 bits per heavy atom. The van der Waals surface area contributed by atoms with Gasteiger partial charge in [0.2, 0.25) is 0 Å². The SMILES string of the molecule is CC(C)CCCNCCNCc1ccccc1. The fraction of sp³-hybridized carbons (Fsp3) is 0.600. The predicted molar refractivity (Wildman–Crippen MR) is 75.1 cm³/mol. The first-order valence-corrected chi connectivity index (χ1v) is 6.74. The van der Waals surface area contributed by atoms with E-state index in [-0.39, 0.29) is 0 Å². The van der Waals surface area contributed by atoms with E-state index in [2.05, 4.69) is 54.8 Å². The zero-order valence-corrected chi connectivity index (χ0v) is 11.2. The molecule has 0 heterocycles. The molecule has 17 heavy (non-hydrogen) atoms. The molecule has 0 saturated carbocycles. The summed E-state index contributed by atoms with van der Waals surface area (Å²) in [5.74, 6) is 0.827. The molecule has 0 amide bonds. The van der Waals surface area contributed by atoms with Crippen molar-refractivity contribution in [1.82, 2.24) is 10.6 Å². The highest BCUT2D eigenvalue weighted by Crippen LogP contribution is 2.01. The molecule has 2 N–H and O–H groups in total. The van der Waals surface area contributed by atoms with Crippen molar-refractivity contribution in [2.24, 2.45) is 5.92 Å². The average molecular weight is 234 g/mol. The molecule has 2 nitrogen and oxygen atoms in total. The minimum absolute atomic E-state index is 0.827. The predicted octanol–water partition coefficient (Wildman–Crippen LogP) is 2.80. The van der Waals surface area contributed by atoms with Gasteiger partial charge in [-0.05, 0) is 30.9 Å². The second-order valence-electron chi connectivity index (χ2n) is 4.95. The maximum Gasteiger partial charge on any atom is 0.0206 e. The molecule has 96 valence electrons. The standard InChI is InChI=1S/C15H26N2/c1-14(2)7-6-10-16-11-12-17-13-15-8-4-3-5-9-15/h3-5,8-9,14,16-17H,6-7,10-13H2,1-2H3. The largest absolute Gasteiger partial charge is 0.315 e. The number of nitrogens with one attached hydrogen (secondary N) is 2. The van der Waals surface area contributed by atoms with Gasteiger partial charge in [0.25, 0.3) is 0 Å². The number of benzene rings is 1. The highest BCUT2D eigenvalue weighted by atomic mass is 14.9. The van der Waals surface area contributed by atoms with E-state index in [0.717, 1.165) is 32.1 Å². The van der Waals surface area contributed by atoms with Crippen LogP contribution in [0.4, 0.5) is 0 Å². The summed E-state index contributed by atoms with van der Waals surface area (Å²) in [7, 11) is 0. The van der Waals surface area contributed by atoms with Gasteiger partial charge in [0, 0.05) is 19.6 Å². The summed E-state index contributed by atoms with van der Waals surface area (Å²) in [5, 5.41) is 6.90. The van der Waals surface area contributed by atoms with Gasteiger partial charge in [0.1, 0.15) is 0 Å². The van der Waals surface area contributed by atoms with Crippen LogP contribution in [0.5, 0.6) is 0 Å². The highest BCUT2D eigenvalue weighted by Gasteiger charge is 1.94. The molecule has 0 aliphatic rings. The molecule has 0 bridgehead atoms. The van der Waals surface area contributed by atoms with Gasteiger partial charge in [-0.15, -0.1) is 0 Å². The summed E-state index contributed by atoms with van der Waals surface area (Å²) in [6, 6.07) is 10.5. The van der Waals surface area contributed by atoms with Gasteiger partial charge in [-0.25, -0.2) is 0 Å². The molecule has 0 spiro atoms. The van der Waals surface area contributed by atoms with Crippen LogP contribution < -0.4 is 10.6 Å². The summed E-state index contributed by atoms with van der Waals surface area (Å²) >= 11 is 0. The second kappa shape index (κ2) is 9.20. The first-order valence-electron chi connectivity index (χ1n) is 6.74. The van der Waals surface area contributed by atoms with Crippen molar-refractivity contribution in [2.75, 3.05) is 19.6 Å². The third-order valence-electron chi connectivity index (χ3n) is 2.79. The maximum atomic E-state index is 3.46. The molecule has 0 fully saturated rings. The molecular weight excluding hydrogens is 208 g/mol. The first kappa shape index (κ1) is 14.2. The van der Waals surface area contributed by atoms with Gasteiger partial charge in [-0.1, -0.05) is 44.2 Å². The molecule has 2 heteroatoms. The molecule has 1 aromatic carbocycles. The minimum atomic E-state index is 0.827. The molecule has 0 radical (unpaired) electrons. The highest BCUT2D eigenvalue weighted by molar-refractivity contribution is 5.14. The van der Waals surface area contributed by atoms with Crippen LogP contribution in [0.3, 0.4) is 0 Å². The van der Waals surface area contributed by atoms with Crippen LogP contribution in [-0.2, 0) is 6.54 Å². The van der Waals surface area contributed by atoms with E-state index in [1.807, 2.05) is 0 Å². The van der Waals surface area contributed by atoms with Crippen LogP contribution in [0.1, 0.15) is 32.3 Å². The van der Waals surface area contributed by atoms with Crippen molar-refractivity contribution in [3.63, 3.8) is 0 Å². The van der Waals surface area contributed by atoms with Crippen LogP contribution in [0, 0.1) is 5.92 Å². The van der Waals surface area contributed by atoms with Crippen LogP contribution in [0.15, 0.2) is 30.3 Å². The van der Waals surface area contributed by atoms with Crippen molar-refractivity contribution in [1.29, 1.82) is 0 Å². The molecule has 1 rings (SSSR count). The molecule has 0 aromatic heterocycles. The lowest BCUT2D eigenvalue weighted by atomic mass is 10.1. The summed E-state index contributed by atoms with van der Waals surface area (Å²) in [5.41, 5.74) is 1.35. The quantitative estimate of drug-likeness (QED) is 0.642. The van der Waals surface area contributed by atoms with E-state index in [9.17, 15) is 0 Å². The maximum absolute atomic E-state index is 3.46. The van der Waals surface area contributed by atoms with Crippen LogP contribution in [-0.4, -0.2) is 19.6 Å². The summed E-state index contributed by atoms with van der Waals surface area (Å²) < 4.78 is 0. The Balaban J connectivity index is 1.88. The Labute approximate surface area is 106 Å². The molecule has 0 unspecified atom stereocenters. The Bertz CT molecular complexity index is 270. The Morgan fingerprint density at radius 1 is 0.941 bits per heavy atom. The normalized spacial score (nSPS) is 11.0. The Morgan fingerprint density at radius 2 is 1.65 bits per heavy atom. The van der Waals surface area contributed by atoms with E-state index in [1.54, 1.807) is 0 Å². The van der Waals surface area contributed by atoms with E-state index >= 15 is 0 Å². The minimum Gasteiger partial charge on any atom is -0.315 e. The zero-order valence-electron chi connectivity index (χ0n) is 11.2. The third kappa shape index (κ3) is 7.94. The Hall–Kier alpha value is -0.860. The molecular formula is C15H26N2. The van der Waals surface area contributed by atoms with Crippen molar-refractivity contribution < 1.29 is 0 Å². The number of hydrogen-bond donors (Lipinski definition) is 2. The van der Waals surface area contributed by atoms with E-state index in [4.69, 9.17) is 0 Å². The second-order valence-corrected chi connectivity index (χ2v) is 4.95. The van der Waals surface area contributed by atoms with Gasteiger partial charge in [0.05, 0.1) is 0 Å². The topological polar surface area (TPSA) is 24.1 Å². The van der Waals surface area contributed by atoms with Gasteiger partial charge in [-0.3, -0.25) is 0 Å². The molecule has 0 saturated heterocycles. The van der Waals surface area contributed by atoms with Gasteiger partial charge in [0.15, 0.2) is 0 Å². The smallest absolute Gasteiger partial charge is 0.0206 e. The molecule has 0 aliphatic carbocycles. The van der Waals surface area contributed by atoms with Gasteiger partial charge < -0.3 is 10.6 Å². The summed E-state index contributed by atoms with van der Waals surface area (Å²) in [6.07, 6.45) is 2.61. The van der Waals surface area contributed by atoms with Crippen molar-refractivity contribution in [2.45, 2.75) is 33.2 Å². The fourth-order valence-electron chi connectivity index (χ4n) is 1.77. The molecule has 1 aromatic rings. The Kier molecular flexibility index (Phi) is 7.69. The van der Waals surface area contributed by atoms with Crippen molar-refractivity contribution in [3.8, 4) is 0 Å². The first-order chi connectivity index (χ1) is 8.29. The van der Waals surface area contributed by atoms with Crippen molar-refractivity contribution in [3.05, 3.63) is 35.9 Å². The number of hydrogen-bond acceptors (Lipinski definition) is 2. The average Bonchev–Trinajstić information content (AvgIpc) is 2.33. The number of rotatable bonds is 9. The van der Waals surface area contributed by atoms with Crippen LogP contribution in [0.25, 0.3) is 0 Å². The zero-order chi connectivity index (χ0) is 12.3. The van der Waals surface area contributed by atoms with Gasteiger partial charge >= 0.3 is 0 Å². The van der Waals surface area contributed by atoms with Crippen molar-refractivity contribution >= 4 is 0 Å². The van der Waals surface area contributed by atoms with Crippen LogP contribution in [0.2, 0.25) is 0 Å². The van der Waals surface area contributed by atoms with Crippen LogP contribution >= 0.6 is 0 Å². The van der Waals surface area contributed by atoms with E-state index in [0.29, 0.717) is 0 Å². The third-order valence-corrected chi connectivity index (χ3v) is 2.79. The lowest BCUT2D eigenvalue weighted by Crippen LogP contribution is -2.27. The summed E-state index contributed by atoms with van der Waals surface area (Å²) in [4.78, 5) is 0.